The SMILES string of the molecule is CNC(=O)COc1cccc(NC(=O)CNC(=O)c2ccccc2F)c1. The Labute approximate surface area is 149 Å². The normalized spacial score (nSPS) is 9.92. The van der Waals surface area contributed by atoms with E-state index in [4.69, 9.17) is 4.74 Å². The van der Waals surface area contributed by atoms with Crippen LogP contribution in [-0.2, 0) is 9.59 Å². The monoisotopic (exact) mass is 359 g/mol. The molecule has 0 aromatic heterocycles. The van der Waals surface area contributed by atoms with Gasteiger partial charge in [-0.2, -0.15) is 0 Å². The summed E-state index contributed by atoms with van der Waals surface area (Å²) in [5.41, 5.74) is 0.300. The third-order valence-electron chi connectivity index (χ3n) is 3.29. The van der Waals surface area contributed by atoms with Gasteiger partial charge >= 0.3 is 0 Å². The first kappa shape index (κ1) is 18.9. The summed E-state index contributed by atoms with van der Waals surface area (Å²) in [6.45, 7) is -0.469. The number of hydrogen-bond donors (Lipinski definition) is 3. The number of rotatable bonds is 7. The van der Waals surface area contributed by atoms with E-state index in [0.717, 1.165) is 0 Å². The lowest BCUT2D eigenvalue weighted by atomic mass is 10.2. The van der Waals surface area contributed by atoms with E-state index in [-0.39, 0.29) is 24.6 Å². The average molecular weight is 359 g/mol. The quantitative estimate of drug-likeness (QED) is 0.695. The maximum absolute atomic E-state index is 13.5. The summed E-state index contributed by atoms with van der Waals surface area (Å²) in [4.78, 5) is 35.0. The van der Waals surface area contributed by atoms with Gasteiger partial charge in [0.1, 0.15) is 11.6 Å². The van der Waals surface area contributed by atoms with Crippen molar-refractivity contribution < 1.29 is 23.5 Å². The molecule has 7 nitrogen and oxygen atoms in total. The summed E-state index contributed by atoms with van der Waals surface area (Å²) in [5, 5.41) is 7.35. The highest BCUT2D eigenvalue weighted by atomic mass is 19.1. The maximum atomic E-state index is 13.5. The molecule has 26 heavy (non-hydrogen) atoms. The van der Waals surface area contributed by atoms with Crippen LogP contribution in [0.2, 0.25) is 0 Å². The molecule has 0 fully saturated rings. The van der Waals surface area contributed by atoms with E-state index in [9.17, 15) is 18.8 Å². The van der Waals surface area contributed by atoms with Crippen molar-refractivity contribution >= 4 is 23.4 Å². The van der Waals surface area contributed by atoms with Crippen molar-refractivity contribution in [1.29, 1.82) is 0 Å². The van der Waals surface area contributed by atoms with Crippen molar-refractivity contribution in [3.63, 3.8) is 0 Å². The van der Waals surface area contributed by atoms with Crippen molar-refractivity contribution in [2.45, 2.75) is 0 Å². The first-order valence-electron chi connectivity index (χ1n) is 7.75. The second-order valence-electron chi connectivity index (χ2n) is 5.20. The van der Waals surface area contributed by atoms with Crippen LogP contribution in [0, 0.1) is 5.82 Å². The molecule has 0 aliphatic carbocycles. The van der Waals surface area contributed by atoms with Crippen molar-refractivity contribution in [3.8, 4) is 5.75 Å². The predicted octanol–water partition coefficient (Wildman–Crippen LogP) is 1.32. The van der Waals surface area contributed by atoms with Crippen LogP contribution in [0.25, 0.3) is 0 Å². The number of anilines is 1. The minimum absolute atomic E-state index is 0.134. The smallest absolute Gasteiger partial charge is 0.257 e. The van der Waals surface area contributed by atoms with Crippen LogP contribution in [0.4, 0.5) is 10.1 Å². The number of carbonyl (C=O) groups excluding carboxylic acids is 3. The van der Waals surface area contributed by atoms with Crippen LogP contribution < -0.4 is 20.7 Å². The van der Waals surface area contributed by atoms with Crippen molar-refractivity contribution in [3.05, 3.63) is 59.9 Å². The fourth-order valence-corrected chi connectivity index (χ4v) is 1.99. The highest BCUT2D eigenvalue weighted by Crippen LogP contribution is 2.17. The number of benzene rings is 2. The minimum atomic E-state index is -0.680. The number of ether oxygens (including phenoxy) is 1. The third-order valence-corrected chi connectivity index (χ3v) is 3.29. The molecule has 0 spiro atoms. The molecule has 3 N–H and O–H groups in total. The fraction of sp³-hybridized carbons (Fsp3) is 0.167. The van der Waals surface area contributed by atoms with Gasteiger partial charge in [0, 0.05) is 18.8 Å². The molecule has 136 valence electrons. The van der Waals surface area contributed by atoms with E-state index in [1.807, 2.05) is 0 Å². The van der Waals surface area contributed by atoms with Gasteiger partial charge in [0.25, 0.3) is 11.8 Å². The van der Waals surface area contributed by atoms with Gasteiger partial charge in [-0.3, -0.25) is 14.4 Å². The summed E-state index contributed by atoms with van der Waals surface area (Å²) in [6, 6.07) is 11.9. The van der Waals surface area contributed by atoms with E-state index < -0.39 is 17.6 Å². The zero-order chi connectivity index (χ0) is 18.9. The number of carbonyl (C=O) groups is 3. The highest BCUT2D eigenvalue weighted by Gasteiger charge is 2.12. The molecule has 0 atom stereocenters. The van der Waals surface area contributed by atoms with Crippen molar-refractivity contribution in [2.24, 2.45) is 0 Å². The first-order chi connectivity index (χ1) is 12.5. The molecule has 2 rings (SSSR count). The zero-order valence-electron chi connectivity index (χ0n) is 14.0. The van der Waals surface area contributed by atoms with Crippen LogP contribution in [-0.4, -0.2) is 37.9 Å². The topological polar surface area (TPSA) is 96.5 Å². The second kappa shape index (κ2) is 9.16. The standard InChI is InChI=1S/C18H18FN3O4/c1-20-17(24)11-26-13-6-4-5-12(9-13)22-16(23)10-21-18(25)14-7-2-3-8-15(14)19/h2-9H,10-11H2,1H3,(H,20,24)(H,21,25)(H,22,23). The Bertz CT molecular complexity index is 811. The molecule has 0 saturated heterocycles. The van der Waals surface area contributed by atoms with E-state index >= 15 is 0 Å². The molecule has 3 amide bonds. The Morgan fingerprint density at radius 3 is 2.54 bits per heavy atom. The summed E-state index contributed by atoms with van der Waals surface area (Å²) >= 11 is 0. The molecule has 2 aromatic carbocycles. The number of amides is 3. The molecular formula is C18H18FN3O4. The first-order valence-corrected chi connectivity index (χ1v) is 7.75. The molecule has 2 aromatic rings. The van der Waals surface area contributed by atoms with Crippen LogP contribution in [0.5, 0.6) is 5.75 Å². The van der Waals surface area contributed by atoms with Gasteiger partial charge in [0.15, 0.2) is 6.61 Å². The van der Waals surface area contributed by atoms with Crippen molar-refractivity contribution in [2.75, 3.05) is 25.5 Å². The lowest BCUT2D eigenvalue weighted by Crippen LogP contribution is -2.33. The van der Waals surface area contributed by atoms with Gasteiger partial charge in [0.05, 0.1) is 12.1 Å². The Morgan fingerprint density at radius 1 is 1.04 bits per heavy atom. The second-order valence-corrected chi connectivity index (χ2v) is 5.20. The molecule has 0 aliphatic heterocycles. The molecule has 0 aliphatic rings. The Kier molecular flexibility index (Phi) is 6.67. The molecule has 0 saturated carbocycles. The Morgan fingerprint density at radius 2 is 1.81 bits per heavy atom. The highest BCUT2D eigenvalue weighted by molar-refractivity contribution is 5.99. The molecule has 0 bridgehead atoms. The number of likely N-dealkylation sites (N-methyl/N-ethyl adjacent to an activating group) is 1. The Hall–Kier alpha value is -3.42. The van der Waals surface area contributed by atoms with E-state index in [2.05, 4.69) is 16.0 Å². The van der Waals surface area contributed by atoms with Gasteiger partial charge in [-0.1, -0.05) is 18.2 Å². The van der Waals surface area contributed by atoms with Gasteiger partial charge < -0.3 is 20.7 Å². The molecule has 0 heterocycles. The summed E-state index contributed by atoms with van der Waals surface area (Å²) < 4.78 is 18.8. The number of hydrogen-bond acceptors (Lipinski definition) is 4. The number of nitrogens with one attached hydrogen (secondary N) is 3. The summed E-state index contributed by atoms with van der Waals surface area (Å²) in [6.07, 6.45) is 0. The van der Waals surface area contributed by atoms with Gasteiger partial charge in [-0.25, -0.2) is 4.39 Å². The summed E-state index contributed by atoms with van der Waals surface area (Å²) in [7, 11) is 1.50. The van der Waals surface area contributed by atoms with Gasteiger partial charge in [-0.05, 0) is 24.3 Å². The van der Waals surface area contributed by atoms with Gasteiger partial charge in [-0.15, -0.1) is 0 Å². The molecule has 0 unspecified atom stereocenters. The predicted molar refractivity (Wildman–Crippen MR) is 93.4 cm³/mol. The van der Waals surface area contributed by atoms with Crippen LogP contribution in [0.1, 0.15) is 10.4 Å². The Balaban J connectivity index is 1.87. The lowest BCUT2D eigenvalue weighted by Gasteiger charge is -2.09. The van der Waals surface area contributed by atoms with E-state index in [0.29, 0.717) is 11.4 Å². The van der Waals surface area contributed by atoms with Crippen LogP contribution >= 0.6 is 0 Å². The molecule has 0 radical (unpaired) electrons. The molecular weight excluding hydrogens is 341 g/mol. The minimum Gasteiger partial charge on any atom is -0.484 e. The van der Waals surface area contributed by atoms with E-state index in [1.54, 1.807) is 24.3 Å². The fourth-order valence-electron chi connectivity index (χ4n) is 1.99. The summed E-state index contributed by atoms with van der Waals surface area (Å²) in [5.74, 6) is -1.71. The maximum Gasteiger partial charge on any atom is 0.257 e. The van der Waals surface area contributed by atoms with Crippen LogP contribution in [0.15, 0.2) is 48.5 Å². The van der Waals surface area contributed by atoms with Gasteiger partial charge in [0.2, 0.25) is 5.91 Å². The largest absolute Gasteiger partial charge is 0.484 e. The van der Waals surface area contributed by atoms with Crippen molar-refractivity contribution in [1.82, 2.24) is 10.6 Å². The van der Waals surface area contributed by atoms with E-state index in [1.165, 1.54) is 31.3 Å². The van der Waals surface area contributed by atoms with Crippen LogP contribution in [0.3, 0.4) is 0 Å². The average Bonchev–Trinajstić information content (AvgIpc) is 2.65. The molecule has 8 heteroatoms. The number of halogens is 1. The lowest BCUT2D eigenvalue weighted by molar-refractivity contribution is -0.122. The third kappa shape index (κ3) is 5.59. The zero-order valence-corrected chi connectivity index (χ0v) is 14.0.